The maximum Gasteiger partial charge on any atom is 0.200 e. The number of phenolic OH excluding ortho intramolecular Hbond substituents is 4. The molecule has 0 aromatic heterocycles. The number of rotatable bonds is 11. The first kappa shape index (κ1) is 56.4. The molecule has 4 aliphatic carbocycles. The molecule has 71 heavy (non-hydrogen) atoms. The van der Waals surface area contributed by atoms with Crippen LogP contribution in [0.25, 0.3) is 22.3 Å². The summed E-state index contributed by atoms with van der Waals surface area (Å²) in [5.74, 6) is -8.26. The van der Waals surface area contributed by atoms with Gasteiger partial charge in [-0.15, -0.1) is 0 Å². The third-order valence-electron chi connectivity index (χ3n) is 14.4. The minimum Gasteiger partial charge on any atom is -0.505 e. The summed E-state index contributed by atoms with van der Waals surface area (Å²) in [6.07, 6.45) is 27.4. The summed E-state index contributed by atoms with van der Waals surface area (Å²) in [5.41, 5.74) is 4.58. The van der Waals surface area contributed by atoms with E-state index < -0.39 is 69.5 Å². The van der Waals surface area contributed by atoms with Crippen molar-refractivity contribution in [1.29, 1.82) is 0 Å². The van der Waals surface area contributed by atoms with Crippen molar-refractivity contribution < 1.29 is 55.5 Å². The van der Waals surface area contributed by atoms with E-state index in [0.717, 1.165) is 112 Å². The maximum absolute atomic E-state index is 13.8. The summed E-state index contributed by atoms with van der Waals surface area (Å²) in [7, 11) is 0. The number of hydrogen-bond donors (Lipinski definition) is 4. The van der Waals surface area contributed by atoms with E-state index in [9.17, 15) is 35.1 Å². The standard InChI is InChI=1S/C17H22F2O.C15H18F2O.C14H16F2O.C13H14F2O/c1-2-3-4-5-12-6-8-13(9-7-12)14-10-11-15(20)17(19)16(14)18;1-2-3-10-4-6-11(7-5-10)12-8-9-13(18)15(17)14(12)16;1-2-9-3-5-10(6-4-9)11-7-8-12(17)14(16)13(11)15;1-8-2-4-9(5-3-8)10-6-7-11(16)13(15)12(10)14/h8,10-12,20H,2-7,9H2,1H3;6,8-10,18H,2-5,7H2,1H3;5,7-9,17H,2-4,6H2,1H3;4,6-8,16H,2-3,5H2,1H3. The molecule has 0 fully saturated rings. The van der Waals surface area contributed by atoms with Crippen molar-refractivity contribution in [3.8, 4) is 23.0 Å². The highest BCUT2D eigenvalue weighted by atomic mass is 19.2. The Kier molecular flexibility index (Phi) is 21.7. The summed E-state index contributed by atoms with van der Waals surface area (Å²) < 4.78 is 108. The molecule has 0 bridgehead atoms. The molecule has 8 rings (SSSR count). The molecule has 12 heteroatoms. The average molecular weight is 995 g/mol. The molecular formula is C59H70F8O4. The third kappa shape index (κ3) is 15.2. The highest BCUT2D eigenvalue weighted by Gasteiger charge is 2.24. The molecule has 4 aromatic rings. The fourth-order valence-electron chi connectivity index (χ4n) is 9.74. The molecule has 4 atom stereocenters. The smallest absolute Gasteiger partial charge is 0.200 e. The second-order valence-corrected chi connectivity index (χ2v) is 19.5. The van der Waals surface area contributed by atoms with Crippen LogP contribution in [0.4, 0.5) is 35.1 Å². The molecule has 4 aromatic carbocycles. The largest absolute Gasteiger partial charge is 0.505 e. The second kappa shape index (κ2) is 27.3. The molecule has 0 heterocycles. The van der Waals surface area contributed by atoms with Crippen LogP contribution < -0.4 is 0 Å². The Morgan fingerprint density at radius 1 is 0.380 bits per heavy atom. The first-order chi connectivity index (χ1) is 34.0. The van der Waals surface area contributed by atoms with E-state index in [1.165, 1.54) is 80.6 Å². The van der Waals surface area contributed by atoms with E-state index in [1.54, 1.807) is 0 Å². The number of hydrogen-bond acceptors (Lipinski definition) is 4. The zero-order valence-electron chi connectivity index (χ0n) is 41.5. The fourth-order valence-corrected chi connectivity index (χ4v) is 9.74. The van der Waals surface area contributed by atoms with E-state index in [2.05, 4.69) is 27.7 Å². The third-order valence-corrected chi connectivity index (χ3v) is 14.4. The van der Waals surface area contributed by atoms with Crippen LogP contribution in [0.5, 0.6) is 23.0 Å². The predicted octanol–water partition coefficient (Wildman–Crippen LogP) is 18.2. The van der Waals surface area contributed by atoms with Gasteiger partial charge >= 0.3 is 0 Å². The average Bonchev–Trinajstić information content (AvgIpc) is 3.38. The molecule has 4 unspecified atom stereocenters. The number of benzene rings is 4. The number of allylic oxidation sites excluding steroid dienone is 8. The van der Waals surface area contributed by atoms with Crippen LogP contribution in [-0.4, -0.2) is 20.4 Å². The summed E-state index contributed by atoms with van der Waals surface area (Å²) >= 11 is 0. The van der Waals surface area contributed by atoms with Crippen molar-refractivity contribution in [2.75, 3.05) is 0 Å². The molecule has 0 spiro atoms. The van der Waals surface area contributed by atoms with Gasteiger partial charge in [0.15, 0.2) is 46.3 Å². The van der Waals surface area contributed by atoms with E-state index in [1.807, 2.05) is 24.3 Å². The van der Waals surface area contributed by atoms with Gasteiger partial charge in [0, 0.05) is 22.3 Å². The van der Waals surface area contributed by atoms with Gasteiger partial charge in [0.05, 0.1) is 0 Å². The summed E-state index contributed by atoms with van der Waals surface area (Å²) in [5, 5.41) is 36.4. The van der Waals surface area contributed by atoms with Crippen LogP contribution in [0.1, 0.15) is 172 Å². The number of halogens is 8. The van der Waals surface area contributed by atoms with Crippen LogP contribution in [0.15, 0.2) is 72.8 Å². The molecular weight excluding hydrogens is 925 g/mol. The molecule has 4 nitrogen and oxygen atoms in total. The number of phenols is 4. The van der Waals surface area contributed by atoms with Crippen LogP contribution in [-0.2, 0) is 0 Å². The van der Waals surface area contributed by atoms with Crippen molar-refractivity contribution in [3.63, 3.8) is 0 Å². The molecule has 386 valence electrons. The molecule has 4 N–H and O–H groups in total. The lowest BCUT2D eigenvalue weighted by molar-refractivity contribution is 0.404. The molecule has 0 saturated heterocycles. The highest BCUT2D eigenvalue weighted by molar-refractivity contribution is 5.70. The molecule has 0 aliphatic heterocycles. The SMILES string of the molecule is CC1CC=C(c2ccc(O)c(F)c2F)CC1.CCC1CC=C(c2ccc(O)c(F)c2F)CC1.CCCC1CC=C(c2ccc(O)c(F)c2F)CC1.CCCCCC1CC=C(c2ccc(O)c(F)c2F)CC1. The van der Waals surface area contributed by atoms with E-state index in [4.69, 9.17) is 20.4 Å². The van der Waals surface area contributed by atoms with Gasteiger partial charge in [-0.1, -0.05) is 96.9 Å². The first-order valence-corrected chi connectivity index (χ1v) is 25.4. The van der Waals surface area contributed by atoms with Gasteiger partial charge in [-0.05, 0) is 172 Å². The summed E-state index contributed by atoms with van der Waals surface area (Å²) in [6, 6.07) is 10.7. The van der Waals surface area contributed by atoms with Gasteiger partial charge in [0.1, 0.15) is 0 Å². The van der Waals surface area contributed by atoms with Crippen molar-refractivity contribution in [2.24, 2.45) is 23.7 Å². The lowest BCUT2D eigenvalue weighted by Crippen LogP contribution is -2.06. The monoisotopic (exact) mass is 995 g/mol. The Bertz CT molecular complexity index is 2550. The summed E-state index contributed by atoms with van der Waals surface area (Å²) in [6.45, 7) is 8.64. The summed E-state index contributed by atoms with van der Waals surface area (Å²) in [4.78, 5) is 0. The minimum atomic E-state index is -1.16. The van der Waals surface area contributed by atoms with Gasteiger partial charge in [-0.2, -0.15) is 17.6 Å². The molecule has 4 aliphatic rings. The van der Waals surface area contributed by atoms with Gasteiger partial charge in [0.25, 0.3) is 0 Å². The van der Waals surface area contributed by atoms with Crippen LogP contribution in [0.2, 0.25) is 0 Å². The quantitative estimate of drug-likeness (QED) is 0.0892. The van der Waals surface area contributed by atoms with E-state index in [0.29, 0.717) is 34.8 Å². The van der Waals surface area contributed by atoms with E-state index in [-0.39, 0.29) is 11.1 Å². The Hall–Kier alpha value is -5.52. The van der Waals surface area contributed by atoms with Crippen molar-refractivity contribution >= 4 is 22.3 Å². The minimum absolute atomic E-state index is 0.280. The van der Waals surface area contributed by atoms with Gasteiger partial charge in [-0.25, -0.2) is 17.6 Å². The predicted molar refractivity (Wildman–Crippen MR) is 268 cm³/mol. The number of unbranched alkanes of at least 4 members (excludes halogenated alkanes) is 2. The van der Waals surface area contributed by atoms with Gasteiger partial charge in [-0.3, -0.25) is 0 Å². The lowest BCUT2D eigenvalue weighted by atomic mass is 9.83. The highest BCUT2D eigenvalue weighted by Crippen LogP contribution is 2.39. The Morgan fingerprint density at radius 2 is 0.704 bits per heavy atom. The van der Waals surface area contributed by atoms with Crippen LogP contribution in [0, 0.1) is 70.2 Å². The van der Waals surface area contributed by atoms with Crippen molar-refractivity contribution in [1.82, 2.24) is 0 Å². The van der Waals surface area contributed by atoms with Crippen LogP contribution >= 0.6 is 0 Å². The second-order valence-electron chi connectivity index (χ2n) is 19.5. The Balaban J connectivity index is 0.000000177. The van der Waals surface area contributed by atoms with Crippen molar-refractivity contribution in [3.05, 3.63) is 142 Å². The lowest BCUT2D eigenvalue weighted by Gasteiger charge is -2.22. The van der Waals surface area contributed by atoms with E-state index >= 15 is 0 Å². The Morgan fingerprint density at radius 3 is 0.986 bits per heavy atom. The van der Waals surface area contributed by atoms with Gasteiger partial charge in [0.2, 0.25) is 23.3 Å². The normalized spacial score (nSPS) is 19.8. The first-order valence-electron chi connectivity index (χ1n) is 25.4. The zero-order chi connectivity index (χ0) is 51.8. The number of aromatic hydroxyl groups is 4. The fraction of sp³-hybridized carbons (Fsp3) is 0.458. The Labute approximate surface area is 414 Å². The molecule has 0 amide bonds. The van der Waals surface area contributed by atoms with Crippen molar-refractivity contribution in [2.45, 2.75) is 150 Å². The maximum atomic E-state index is 13.8. The van der Waals surface area contributed by atoms with Gasteiger partial charge < -0.3 is 20.4 Å². The molecule has 0 saturated carbocycles. The zero-order valence-corrected chi connectivity index (χ0v) is 41.5. The van der Waals surface area contributed by atoms with Crippen LogP contribution in [0.3, 0.4) is 0 Å². The topological polar surface area (TPSA) is 80.9 Å². The molecule has 0 radical (unpaired) electrons.